The summed E-state index contributed by atoms with van der Waals surface area (Å²) in [6.07, 6.45) is 3.04. The lowest BCUT2D eigenvalue weighted by Gasteiger charge is -2.11. The van der Waals surface area contributed by atoms with Crippen LogP contribution in [-0.2, 0) is 0 Å². The van der Waals surface area contributed by atoms with Gasteiger partial charge in [-0.15, -0.1) is 0 Å². The first-order chi connectivity index (χ1) is 11.2. The van der Waals surface area contributed by atoms with Crippen molar-refractivity contribution in [3.8, 4) is 11.4 Å². The SMILES string of the molecule is COc1ccc(Cl)cc1NC(=O)c1ccc(-n2cncn2)cc1. The molecule has 0 bridgehead atoms. The quantitative estimate of drug-likeness (QED) is 0.798. The van der Waals surface area contributed by atoms with Gasteiger partial charge in [0, 0.05) is 10.6 Å². The maximum atomic E-state index is 12.3. The molecule has 1 amide bonds. The first kappa shape index (κ1) is 15.1. The summed E-state index contributed by atoms with van der Waals surface area (Å²) in [4.78, 5) is 16.2. The van der Waals surface area contributed by atoms with Crippen molar-refractivity contribution in [1.82, 2.24) is 14.8 Å². The summed E-state index contributed by atoms with van der Waals surface area (Å²) in [5.74, 6) is 0.290. The van der Waals surface area contributed by atoms with Crippen LogP contribution in [0.5, 0.6) is 5.75 Å². The summed E-state index contributed by atoms with van der Waals surface area (Å²) in [5, 5.41) is 7.34. The van der Waals surface area contributed by atoms with Gasteiger partial charge in [0.05, 0.1) is 18.5 Å². The van der Waals surface area contributed by atoms with E-state index in [-0.39, 0.29) is 5.91 Å². The Morgan fingerprint density at radius 1 is 1.22 bits per heavy atom. The van der Waals surface area contributed by atoms with Crippen molar-refractivity contribution in [3.05, 3.63) is 65.7 Å². The molecule has 1 aromatic heterocycles. The van der Waals surface area contributed by atoms with Crippen LogP contribution >= 0.6 is 11.6 Å². The molecule has 0 saturated carbocycles. The molecule has 1 heterocycles. The van der Waals surface area contributed by atoms with Crippen LogP contribution in [0.2, 0.25) is 5.02 Å². The van der Waals surface area contributed by atoms with Gasteiger partial charge in [-0.1, -0.05) is 11.6 Å². The molecule has 116 valence electrons. The molecule has 2 aromatic carbocycles. The number of carbonyl (C=O) groups is 1. The van der Waals surface area contributed by atoms with Gasteiger partial charge in [-0.25, -0.2) is 9.67 Å². The molecule has 0 spiro atoms. The van der Waals surface area contributed by atoms with Crippen LogP contribution in [0.3, 0.4) is 0 Å². The van der Waals surface area contributed by atoms with Crippen LogP contribution in [0, 0.1) is 0 Å². The van der Waals surface area contributed by atoms with E-state index in [0.717, 1.165) is 5.69 Å². The molecule has 0 radical (unpaired) electrons. The molecule has 1 N–H and O–H groups in total. The molecular weight excluding hydrogens is 316 g/mol. The Morgan fingerprint density at radius 2 is 2.00 bits per heavy atom. The summed E-state index contributed by atoms with van der Waals surface area (Å²) in [6, 6.07) is 12.0. The average Bonchev–Trinajstić information content (AvgIpc) is 3.10. The fourth-order valence-corrected chi connectivity index (χ4v) is 2.25. The zero-order valence-corrected chi connectivity index (χ0v) is 13.0. The maximum absolute atomic E-state index is 12.3. The molecule has 7 heteroatoms. The van der Waals surface area contributed by atoms with E-state index in [4.69, 9.17) is 16.3 Å². The Labute approximate surface area is 137 Å². The fraction of sp³-hybridized carbons (Fsp3) is 0.0625. The summed E-state index contributed by atoms with van der Waals surface area (Å²) >= 11 is 5.96. The van der Waals surface area contributed by atoms with Crippen LogP contribution in [0.15, 0.2) is 55.1 Å². The van der Waals surface area contributed by atoms with Crippen LogP contribution in [-0.4, -0.2) is 27.8 Å². The van der Waals surface area contributed by atoms with Crippen molar-refractivity contribution < 1.29 is 9.53 Å². The van der Waals surface area contributed by atoms with Crippen LogP contribution < -0.4 is 10.1 Å². The number of rotatable bonds is 4. The summed E-state index contributed by atoms with van der Waals surface area (Å²) < 4.78 is 6.83. The van der Waals surface area contributed by atoms with Gasteiger partial charge in [-0.2, -0.15) is 5.10 Å². The average molecular weight is 329 g/mol. The van der Waals surface area contributed by atoms with E-state index in [1.807, 2.05) is 0 Å². The molecule has 0 atom stereocenters. The van der Waals surface area contributed by atoms with Gasteiger partial charge in [0.2, 0.25) is 0 Å². The van der Waals surface area contributed by atoms with Gasteiger partial charge >= 0.3 is 0 Å². The highest BCUT2D eigenvalue weighted by Gasteiger charge is 2.10. The smallest absolute Gasteiger partial charge is 0.255 e. The second kappa shape index (κ2) is 6.50. The summed E-state index contributed by atoms with van der Waals surface area (Å²) in [5.41, 5.74) is 1.85. The van der Waals surface area contributed by atoms with Gasteiger partial charge < -0.3 is 10.1 Å². The van der Waals surface area contributed by atoms with E-state index < -0.39 is 0 Å². The zero-order chi connectivity index (χ0) is 16.2. The molecule has 0 aliphatic carbocycles. The number of nitrogens with one attached hydrogen (secondary N) is 1. The standard InChI is InChI=1S/C16H13ClN4O2/c1-23-15-7-4-12(17)8-14(15)20-16(22)11-2-5-13(6-3-11)21-10-18-9-19-21/h2-10H,1H3,(H,20,22). The number of methoxy groups -OCH3 is 1. The number of hydrogen-bond acceptors (Lipinski definition) is 4. The molecule has 23 heavy (non-hydrogen) atoms. The topological polar surface area (TPSA) is 69.0 Å². The Morgan fingerprint density at radius 3 is 2.65 bits per heavy atom. The molecule has 0 aliphatic heterocycles. The summed E-state index contributed by atoms with van der Waals surface area (Å²) in [7, 11) is 1.53. The lowest BCUT2D eigenvalue weighted by atomic mass is 10.2. The van der Waals surface area contributed by atoms with Crippen molar-refractivity contribution >= 4 is 23.2 Å². The van der Waals surface area contributed by atoms with E-state index in [9.17, 15) is 4.79 Å². The van der Waals surface area contributed by atoms with Crippen molar-refractivity contribution in [2.24, 2.45) is 0 Å². The second-order valence-corrected chi connectivity index (χ2v) is 5.12. The summed E-state index contributed by atoms with van der Waals surface area (Å²) in [6.45, 7) is 0. The van der Waals surface area contributed by atoms with E-state index in [0.29, 0.717) is 22.0 Å². The fourth-order valence-electron chi connectivity index (χ4n) is 2.08. The molecule has 0 saturated heterocycles. The Hall–Kier alpha value is -2.86. The van der Waals surface area contributed by atoms with Gasteiger partial charge in [0.1, 0.15) is 18.4 Å². The number of ether oxygens (including phenoxy) is 1. The third-order valence-corrected chi connectivity index (χ3v) is 3.46. The lowest BCUT2D eigenvalue weighted by molar-refractivity contribution is 0.102. The van der Waals surface area contributed by atoms with Crippen molar-refractivity contribution in [2.45, 2.75) is 0 Å². The highest BCUT2D eigenvalue weighted by atomic mass is 35.5. The van der Waals surface area contributed by atoms with E-state index in [1.165, 1.54) is 13.4 Å². The van der Waals surface area contributed by atoms with Crippen molar-refractivity contribution in [1.29, 1.82) is 0 Å². The number of halogens is 1. The lowest BCUT2D eigenvalue weighted by Crippen LogP contribution is -2.12. The number of aromatic nitrogens is 3. The Balaban J connectivity index is 1.80. The normalized spacial score (nSPS) is 10.3. The van der Waals surface area contributed by atoms with Crippen LogP contribution in [0.25, 0.3) is 5.69 Å². The van der Waals surface area contributed by atoms with Gasteiger partial charge in [-0.3, -0.25) is 4.79 Å². The van der Waals surface area contributed by atoms with E-state index in [2.05, 4.69) is 15.4 Å². The third kappa shape index (κ3) is 3.32. The zero-order valence-electron chi connectivity index (χ0n) is 12.2. The number of nitrogens with zero attached hydrogens (tertiary/aromatic N) is 3. The Bertz CT molecular complexity index is 817. The number of anilines is 1. The minimum absolute atomic E-state index is 0.254. The van der Waals surface area contributed by atoms with Gasteiger partial charge in [0.25, 0.3) is 5.91 Å². The molecule has 0 fully saturated rings. The first-order valence-electron chi connectivity index (χ1n) is 6.77. The number of amides is 1. The third-order valence-electron chi connectivity index (χ3n) is 3.22. The monoisotopic (exact) mass is 328 g/mol. The highest BCUT2D eigenvalue weighted by Crippen LogP contribution is 2.28. The molecule has 6 nitrogen and oxygen atoms in total. The largest absolute Gasteiger partial charge is 0.495 e. The minimum Gasteiger partial charge on any atom is -0.495 e. The predicted octanol–water partition coefficient (Wildman–Crippen LogP) is 3.18. The minimum atomic E-state index is -0.254. The van der Waals surface area contributed by atoms with Crippen molar-refractivity contribution in [3.63, 3.8) is 0 Å². The van der Waals surface area contributed by atoms with Crippen LogP contribution in [0.4, 0.5) is 5.69 Å². The molecule has 0 aliphatic rings. The highest BCUT2D eigenvalue weighted by molar-refractivity contribution is 6.31. The number of benzene rings is 2. The second-order valence-electron chi connectivity index (χ2n) is 4.69. The van der Waals surface area contributed by atoms with E-state index >= 15 is 0 Å². The molecule has 0 unspecified atom stereocenters. The maximum Gasteiger partial charge on any atom is 0.255 e. The Kier molecular flexibility index (Phi) is 4.25. The van der Waals surface area contributed by atoms with Crippen molar-refractivity contribution in [2.75, 3.05) is 12.4 Å². The molecular formula is C16H13ClN4O2. The first-order valence-corrected chi connectivity index (χ1v) is 7.15. The van der Waals surface area contributed by atoms with Crippen LogP contribution in [0.1, 0.15) is 10.4 Å². The molecule has 3 aromatic rings. The predicted molar refractivity (Wildman–Crippen MR) is 87.3 cm³/mol. The van der Waals surface area contributed by atoms with Gasteiger partial charge in [-0.05, 0) is 42.5 Å². The van der Waals surface area contributed by atoms with Gasteiger partial charge in [0.15, 0.2) is 0 Å². The number of hydrogen-bond donors (Lipinski definition) is 1. The van der Waals surface area contributed by atoms with E-state index in [1.54, 1.807) is 53.5 Å². The molecule has 3 rings (SSSR count). The number of carbonyl (C=O) groups excluding carboxylic acids is 1.